The number of morpholine rings is 1. The van der Waals surface area contributed by atoms with Crippen molar-refractivity contribution in [3.63, 3.8) is 0 Å². The zero-order valence-electron chi connectivity index (χ0n) is 38.0. The minimum Gasteiger partial charge on any atom is -0.508 e. The number of likely N-dealkylation sites (tertiary alicyclic amines) is 1. The van der Waals surface area contributed by atoms with E-state index in [0.29, 0.717) is 42.9 Å². The predicted molar refractivity (Wildman–Crippen MR) is 253 cm³/mol. The summed E-state index contributed by atoms with van der Waals surface area (Å²) in [6, 6.07) is 38.1. The van der Waals surface area contributed by atoms with Gasteiger partial charge in [-0.3, -0.25) is 24.2 Å². The zero-order chi connectivity index (χ0) is 46.5. The number of ether oxygens (including phenoxy) is 3. The average molecular weight is 901 g/mol. The Morgan fingerprint density at radius 3 is 2.09 bits per heavy atom. The van der Waals surface area contributed by atoms with Crippen LogP contribution in [0.5, 0.6) is 5.75 Å². The first-order chi connectivity index (χ1) is 32.7. The molecule has 1 spiro atoms. The fourth-order valence-corrected chi connectivity index (χ4v) is 10.8. The first-order valence-corrected chi connectivity index (χ1v) is 23.2. The lowest BCUT2D eigenvalue weighted by atomic mass is 9.64. The lowest BCUT2D eigenvalue weighted by Crippen LogP contribution is -2.56. The largest absolute Gasteiger partial charge is 0.508 e. The second-order valence-electron chi connectivity index (χ2n) is 17.9. The van der Waals surface area contributed by atoms with Crippen LogP contribution in [0, 0.1) is 17.8 Å². The predicted octanol–water partition coefficient (Wildman–Crippen LogP) is 8.12. The Labute approximate surface area is 392 Å². The summed E-state index contributed by atoms with van der Waals surface area (Å²) in [7, 11) is 3.48. The molecule has 5 aromatic rings. The van der Waals surface area contributed by atoms with Gasteiger partial charge in [-0.05, 0) is 78.0 Å². The molecule has 344 valence electrons. The molecule has 4 aliphatic heterocycles. The summed E-state index contributed by atoms with van der Waals surface area (Å²) in [6.07, 6.45) is 2.65. The summed E-state index contributed by atoms with van der Waals surface area (Å²) >= 11 is 0. The van der Waals surface area contributed by atoms with Gasteiger partial charge < -0.3 is 24.2 Å². The van der Waals surface area contributed by atoms with E-state index in [9.17, 15) is 9.90 Å². The van der Waals surface area contributed by atoms with Crippen LogP contribution in [-0.2, 0) is 40.6 Å². The summed E-state index contributed by atoms with van der Waals surface area (Å²) in [5.74, 6) is 3.53. The number of hydrogen-bond acceptors (Lipinski definition) is 10. The molecule has 1 N–H and O–H groups in total. The number of rotatable bonds is 10. The number of anilines is 1. The number of imide groups is 1. The number of benzene rings is 5. The molecule has 3 fully saturated rings. The van der Waals surface area contributed by atoms with E-state index in [-0.39, 0.29) is 30.6 Å². The van der Waals surface area contributed by atoms with Crippen LogP contribution in [0.2, 0.25) is 0 Å². The van der Waals surface area contributed by atoms with E-state index in [4.69, 9.17) is 14.2 Å². The number of methoxy groups -OCH3 is 1. The zero-order valence-corrected chi connectivity index (χ0v) is 38.0. The highest BCUT2D eigenvalue weighted by molar-refractivity contribution is 6.23. The maximum atomic E-state index is 16.4. The van der Waals surface area contributed by atoms with Crippen LogP contribution in [0.3, 0.4) is 0 Å². The number of aromatic hydroxyl groups is 1. The molecule has 12 heteroatoms. The lowest BCUT2D eigenvalue weighted by Gasteiger charge is -2.46. The Hall–Kier alpha value is -6.78. The van der Waals surface area contributed by atoms with Crippen LogP contribution in [-0.4, -0.2) is 96.7 Å². The molecule has 0 bridgehead atoms. The first-order valence-electron chi connectivity index (χ1n) is 23.2. The van der Waals surface area contributed by atoms with E-state index in [1.807, 2.05) is 102 Å². The van der Waals surface area contributed by atoms with Gasteiger partial charge in [0.2, 0.25) is 11.8 Å². The Bertz CT molecular complexity index is 2630. The summed E-state index contributed by atoms with van der Waals surface area (Å²) in [5.41, 5.74) is 2.47. The number of cyclic esters (lactones) is 1. The third-order valence-electron chi connectivity index (χ3n) is 13.7. The topological polar surface area (TPSA) is 129 Å². The Morgan fingerprint density at radius 2 is 1.42 bits per heavy atom. The molecular weight excluding hydrogens is 845 g/mol. The Morgan fingerprint density at radius 1 is 0.776 bits per heavy atom. The third-order valence-corrected chi connectivity index (χ3v) is 13.7. The maximum Gasteiger partial charge on any atom is 0.421 e. The van der Waals surface area contributed by atoms with E-state index in [0.717, 1.165) is 53.7 Å². The van der Waals surface area contributed by atoms with Gasteiger partial charge in [0.05, 0.1) is 36.8 Å². The molecule has 6 atom stereocenters. The van der Waals surface area contributed by atoms with Gasteiger partial charge in [0.1, 0.15) is 29.9 Å². The smallest absolute Gasteiger partial charge is 0.421 e. The normalized spacial score (nSPS) is 23.7. The molecule has 12 nitrogen and oxygen atoms in total. The molecule has 0 radical (unpaired) electrons. The van der Waals surface area contributed by atoms with Gasteiger partial charge in [-0.1, -0.05) is 134 Å². The maximum absolute atomic E-state index is 16.4. The van der Waals surface area contributed by atoms with Crippen molar-refractivity contribution in [2.24, 2.45) is 5.92 Å². The van der Waals surface area contributed by atoms with Crippen LogP contribution in [0.1, 0.15) is 83.7 Å². The first kappa shape index (κ1) is 45.4. The quantitative estimate of drug-likeness (QED) is 0.0834. The molecule has 3 amide bonds. The number of phenols is 1. The van der Waals surface area contributed by atoms with Crippen molar-refractivity contribution < 1.29 is 38.5 Å². The van der Waals surface area contributed by atoms with Crippen molar-refractivity contribution in [3.8, 4) is 17.6 Å². The van der Waals surface area contributed by atoms with Crippen molar-refractivity contribution in [2.75, 3.05) is 51.9 Å². The molecule has 0 aromatic heterocycles. The monoisotopic (exact) mass is 900 g/mol. The van der Waals surface area contributed by atoms with Crippen LogP contribution < -0.4 is 4.90 Å². The number of hydrogen-bond donors (Lipinski definition) is 1. The second kappa shape index (κ2) is 20.0. The fourth-order valence-electron chi connectivity index (χ4n) is 10.8. The van der Waals surface area contributed by atoms with Crippen molar-refractivity contribution in [1.29, 1.82) is 0 Å². The molecule has 0 saturated carbocycles. The van der Waals surface area contributed by atoms with Gasteiger partial charge in [-0.25, -0.2) is 9.69 Å². The minimum absolute atomic E-state index is 0.00304. The van der Waals surface area contributed by atoms with Crippen molar-refractivity contribution in [3.05, 3.63) is 167 Å². The molecular formula is C55H56N4O8. The summed E-state index contributed by atoms with van der Waals surface area (Å²) in [4.78, 5) is 69.4. The average Bonchev–Trinajstić information content (AvgIpc) is 3.78. The minimum atomic E-state index is -1.93. The van der Waals surface area contributed by atoms with Crippen molar-refractivity contribution >= 4 is 29.6 Å². The van der Waals surface area contributed by atoms with Crippen LogP contribution >= 0.6 is 0 Å². The van der Waals surface area contributed by atoms with E-state index in [1.54, 1.807) is 36.4 Å². The number of carbonyl (C=O) groups is 4. The second-order valence-corrected chi connectivity index (χ2v) is 17.9. The molecule has 0 unspecified atom stereocenters. The van der Waals surface area contributed by atoms with Gasteiger partial charge >= 0.3 is 12.1 Å². The summed E-state index contributed by atoms with van der Waals surface area (Å²) < 4.78 is 17.6. The molecule has 67 heavy (non-hydrogen) atoms. The third kappa shape index (κ3) is 8.71. The van der Waals surface area contributed by atoms with Crippen LogP contribution in [0.15, 0.2) is 133 Å². The highest BCUT2D eigenvalue weighted by atomic mass is 16.6. The number of esters is 1. The number of fused-ring (bicyclic) bond motifs is 3. The summed E-state index contributed by atoms with van der Waals surface area (Å²) in [5, 5.41) is 10.8. The number of amides is 3. The standard InChI is InChI=1S/C55H56N4O8/c1-56(37-39-18-9-6-10-19-39)31-17-20-38-25-30-45-44(36-38)55(53(63)58(45)54(64)66-35-34-65-2)46(51(61)57-32-15-4-3-5-16-33-57)48-52(62)67-49(41-23-13-8-14-24-41)47(40-21-11-7-12-22-40)59(48)50(55)42-26-28-43(60)29-27-42/h6-14,18-19,21-30,36,46-50,60H,3-5,15-16,31-35,37H2,1-2H3/t46-,47-,48-,49+,50+,55-/m0/s1. The molecule has 9 rings (SSSR count). The fraction of sp³-hybridized carbons (Fsp3) is 0.345. The van der Waals surface area contributed by atoms with E-state index in [2.05, 4.69) is 28.9 Å². The number of carbonyl (C=O) groups excluding carboxylic acids is 4. The highest BCUT2D eigenvalue weighted by Gasteiger charge is 2.76. The number of phenolic OH excluding ortho intramolecular Hbond substituents is 1. The molecule has 4 aliphatic rings. The summed E-state index contributed by atoms with van der Waals surface area (Å²) in [6.45, 7) is 1.96. The van der Waals surface area contributed by atoms with Crippen molar-refractivity contribution in [1.82, 2.24) is 14.7 Å². The van der Waals surface area contributed by atoms with Gasteiger partial charge in [-0.15, -0.1) is 0 Å². The van der Waals surface area contributed by atoms with E-state index >= 15 is 14.4 Å². The molecule has 4 heterocycles. The van der Waals surface area contributed by atoms with Crippen LogP contribution in [0.25, 0.3) is 0 Å². The Kier molecular flexibility index (Phi) is 13.5. The molecule has 3 saturated heterocycles. The lowest BCUT2D eigenvalue weighted by molar-refractivity contribution is -0.179. The highest BCUT2D eigenvalue weighted by Crippen LogP contribution is 2.66. The SMILES string of the molecule is COCCOC(=O)N1C(=O)[C@@]2(c3cc(C#CCN(C)Cc4ccccc4)ccc31)[C@H](C(=O)N1CCCCCCC1)[C@H]1C(=O)O[C@H](c3ccccc3)[C@H](c3ccccc3)N1[C@@H]2c1ccc(O)cc1. The van der Waals surface area contributed by atoms with E-state index in [1.165, 1.54) is 7.11 Å². The van der Waals surface area contributed by atoms with Gasteiger partial charge in [0.15, 0.2) is 0 Å². The van der Waals surface area contributed by atoms with Crippen molar-refractivity contribution in [2.45, 2.75) is 68.3 Å². The van der Waals surface area contributed by atoms with E-state index < -0.39 is 53.5 Å². The molecule has 0 aliphatic carbocycles. The number of nitrogens with zero attached hydrogens (tertiary/aromatic N) is 4. The van der Waals surface area contributed by atoms with Crippen LogP contribution in [0.4, 0.5) is 10.5 Å². The molecule has 5 aromatic carbocycles. The Balaban J connectivity index is 1.30. The van der Waals surface area contributed by atoms with Gasteiger partial charge in [0.25, 0.3) is 0 Å². The van der Waals surface area contributed by atoms with Gasteiger partial charge in [-0.2, -0.15) is 0 Å². The van der Waals surface area contributed by atoms with Gasteiger partial charge in [0, 0.05) is 32.3 Å².